The zero-order valence-corrected chi connectivity index (χ0v) is 10.1. The van der Waals surface area contributed by atoms with Crippen LogP contribution in [0.1, 0.15) is 25.8 Å². The summed E-state index contributed by atoms with van der Waals surface area (Å²) < 4.78 is 0.952. The quantitative estimate of drug-likeness (QED) is 0.869. The minimum absolute atomic E-state index is 0.0557. The maximum absolute atomic E-state index is 9.21. The minimum Gasteiger partial charge on any atom is -0.392 e. The zero-order valence-electron chi connectivity index (χ0n) is 8.55. The van der Waals surface area contributed by atoms with Crippen molar-refractivity contribution in [2.24, 2.45) is 0 Å². The van der Waals surface area contributed by atoms with Gasteiger partial charge in [0.05, 0.1) is 6.61 Å². The molecular weight excluding hydrogens is 242 g/mol. The van der Waals surface area contributed by atoms with Crippen molar-refractivity contribution < 1.29 is 5.11 Å². The fourth-order valence-electron chi connectivity index (χ4n) is 1.22. The molecule has 0 amide bonds. The highest BCUT2D eigenvalue weighted by Crippen LogP contribution is 2.25. The predicted molar refractivity (Wildman–Crippen MR) is 63.4 cm³/mol. The van der Waals surface area contributed by atoms with Crippen LogP contribution in [0.3, 0.4) is 0 Å². The fourth-order valence-corrected chi connectivity index (χ4v) is 1.71. The van der Waals surface area contributed by atoms with E-state index in [2.05, 4.69) is 35.1 Å². The van der Waals surface area contributed by atoms with E-state index >= 15 is 0 Å². The lowest BCUT2D eigenvalue weighted by Gasteiger charge is -2.16. The van der Waals surface area contributed by atoms with Gasteiger partial charge in [-0.1, -0.05) is 28.9 Å². The molecule has 1 rings (SSSR count). The van der Waals surface area contributed by atoms with Gasteiger partial charge in [-0.25, -0.2) is 0 Å². The molecule has 0 aliphatic heterocycles. The highest BCUT2D eigenvalue weighted by atomic mass is 79.9. The molecule has 78 valence electrons. The third-order valence-corrected chi connectivity index (χ3v) is 3.03. The minimum atomic E-state index is 0.0557. The SMILES string of the molecule is CCC(C)Nc1cccc(Br)c1CO. The summed E-state index contributed by atoms with van der Waals surface area (Å²) in [5.41, 5.74) is 1.93. The molecule has 3 heteroatoms. The van der Waals surface area contributed by atoms with Crippen LogP contribution in [-0.4, -0.2) is 11.1 Å². The Kier molecular flexibility index (Phi) is 4.42. The van der Waals surface area contributed by atoms with Gasteiger partial charge in [-0.2, -0.15) is 0 Å². The third-order valence-electron chi connectivity index (χ3n) is 2.29. The molecule has 1 aromatic rings. The first-order valence-electron chi connectivity index (χ1n) is 4.83. The second-order valence-electron chi connectivity index (χ2n) is 3.38. The molecule has 0 bridgehead atoms. The van der Waals surface area contributed by atoms with Gasteiger partial charge in [-0.05, 0) is 25.5 Å². The summed E-state index contributed by atoms with van der Waals surface area (Å²) in [5, 5.41) is 12.6. The molecule has 0 aromatic heterocycles. The molecule has 0 saturated heterocycles. The summed E-state index contributed by atoms with van der Waals surface area (Å²) in [7, 11) is 0. The Morgan fingerprint density at radius 2 is 2.21 bits per heavy atom. The number of nitrogens with one attached hydrogen (secondary N) is 1. The predicted octanol–water partition coefficient (Wildman–Crippen LogP) is 3.15. The molecule has 0 aliphatic rings. The largest absolute Gasteiger partial charge is 0.392 e. The lowest BCUT2D eigenvalue weighted by molar-refractivity contribution is 0.281. The number of aliphatic hydroxyl groups is 1. The van der Waals surface area contributed by atoms with Gasteiger partial charge >= 0.3 is 0 Å². The van der Waals surface area contributed by atoms with Gasteiger partial charge < -0.3 is 10.4 Å². The number of hydrogen-bond acceptors (Lipinski definition) is 2. The second kappa shape index (κ2) is 5.37. The number of anilines is 1. The summed E-state index contributed by atoms with van der Waals surface area (Å²) >= 11 is 3.42. The molecular formula is C11H16BrNO. The monoisotopic (exact) mass is 257 g/mol. The summed E-state index contributed by atoms with van der Waals surface area (Å²) in [6.45, 7) is 4.32. The molecule has 0 heterocycles. The van der Waals surface area contributed by atoms with Crippen LogP contribution in [0.15, 0.2) is 22.7 Å². The van der Waals surface area contributed by atoms with Crippen LogP contribution in [-0.2, 0) is 6.61 Å². The van der Waals surface area contributed by atoms with Crippen molar-refractivity contribution in [1.82, 2.24) is 0 Å². The topological polar surface area (TPSA) is 32.3 Å². The van der Waals surface area contributed by atoms with Crippen molar-refractivity contribution in [3.8, 4) is 0 Å². The summed E-state index contributed by atoms with van der Waals surface area (Å²) in [6, 6.07) is 6.32. The van der Waals surface area contributed by atoms with Crippen molar-refractivity contribution in [3.63, 3.8) is 0 Å². The normalized spacial score (nSPS) is 12.6. The van der Waals surface area contributed by atoms with E-state index in [-0.39, 0.29) is 6.61 Å². The van der Waals surface area contributed by atoms with E-state index in [1.807, 2.05) is 18.2 Å². The standard InChI is InChI=1S/C11H16BrNO/c1-3-8(2)13-11-6-4-5-10(12)9(11)7-14/h4-6,8,13-14H,3,7H2,1-2H3. The zero-order chi connectivity index (χ0) is 10.6. The highest BCUT2D eigenvalue weighted by Gasteiger charge is 2.06. The fraction of sp³-hybridized carbons (Fsp3) is 0.455. The molecule has 1 atom stereocenters. The van der Waals surface area contributed by atoms with Gasteiger partial charge in [0.15, 0.2) is 0 Å². The molecule has 0 fully saturated rings. The average molecular weight is 258 g/mol. The van der Waals surface area contributed by atoms with Crippen molar-refractivity contribution >= 4 is 21.6 Å². The Bertz CT molecular complexity index is 301. The summed E-state index contributed by atoms with van der Waals surface area (Å²) in [5.74, 6) is 0. The molecule has 0 saturated carbocycles. The molecule has 14 heavy (non-hydrogen) atoms. The van der Waals surface area contributed by atoms with E-state index in [0.717, 1.165) is 22.1 Å². The molecule has 2 nitrogen and oxygen atoms in total. The molecule has 0 aliphatic carbocycles. The third kappa shape index (κ3) is 2.72. The Morgan fingerprint density at radius 3 is 2.79 bits per heavy atom. The lowest BCUT2D eigenvalue weighted by Crippen LogP contribution is -2.14. The Balaban J connectivity index is 2.90. The van der Waals surface area contributed by atoms with E-state index in [1.54, 1.807) is 0 Å². The van der Waals surface area contributed by atoms with E-state index in [1.165, 1.54) is 0 Å². The maximum atomic E-state index is 9.21. The van der Waals surface area contributed by atoms with Crippen LogP contribution in [0, 0.1) is 0 Å². The van der Waals surface area contributed by atoms with Crippen molar-refractivity contribution in [3.05, 3.63) is 28.2 Å². The van der Waals surface area contributed by atoms with Crippen LogP contribution in [0.25, 0.3) is 0 Å². The Hall–Kier alpha value is -0.540. The van der Waals surface area contributed by atoms with Gasteiger partial charge in [0, 0.05) is 21.8 Å². The first-order chi connectivity index (χ1) is 6.69. The average Bonchev–Trinajstić information content (AvgIpc) is 2.18. The first kappa shape index (κ1) is 11.5. The maximum Gasteiger partial charge on any atom is 0.0713 e. The van der Waals surface area contributed by atoms with Gasteiger partial charge in [0.2, 0.25) is 0 Å². The molecule has 1 aromatic carbocycles. The van der Waals surface area contributed by atoms with Crippen molar-refractivity contribution in [1.29, 1.82) is 0 Å². The van der Waals surface area contributed by atoms with Gasteiger partial charge in [0.25, 0.3) is 0 Å². The smallest absolute Gasteiger partial charge is 0.0713 e. The van der Waals surface area contributed by atoms with E-state index in [4.69, 9.17) is 0 Å². The number of benzene rings is 1. The Morgan fingerprint density at radius 1 is 1.50 bits per heavy atom. The van der Waals surface area contributed by atoms with Crippen LogP contribution in [0.5, 0.6) is 0 Å². The van der Waals surface area contributed by atoms with Crippen LogP contribution >= 0.6 is 15.9 Å². The van der Waals surface area contributed by atoms with Crippen molar-refractivity contribution in [2.45, 2.75) is 32.9 Å². The van der Waals surface area contributed by atoms with Gasteiger partial charge in [-0.3, -0.25) is 0 Å². The first-order valence-corrected chi connectivity index (χ1v) is 5.63. The number of halogens is 1. The van der Waals surface area contributed by atoms with Crippen LogP contribution in [0.4, 0.5) is 5.69 Å². The van der Waals surface area contributed by atoms with E-state index in [9.17, 15) is 5.11 Å². The lowest BCUT2D eigenvalue weighted by atomic mass is 10.1. The molecule has 0 spiro atoms. The molecule has 1 unspecified atom stereocenters. The number of hydrogen-bond donors (Lipinski definition) is 2. The van der Waals surface area contributed by atoms with E-state index < -0.39 is 0 Å². The van der Waals surface area contributed by atoms with Gasteiger partial charge in [-0.15, -0.1) is 0 Å². The summed E-state index contributed by atoms with van der Waals surface area (Å²) in [4.78, 5) is 0. The van der Waals surface area contributed by atoms with Gasteiger partial charge in [0.1, 0.15) is 0 Å². The van der Waals surface area contributed by atoms with E-state index in [0.29, 0.717) is 6.04 Å². The van der Waals surface area contributed by atoms with Crippen LogP contribution < -0.4 is 5.32 Å². The molecule has 2 N–H and O–H groups in total. The molecule has 0 radical (unpaired) electrons. The highest BCUT2D eigenvalue weighted by molar-refractivity contribution is 9.10. The van der Waals surface area contributed by atoms with Crippen molar-refractivity contribution in [2.75, 3.05) is 5.32 Å². The number of rotatable bonds is 4. The number of aliphatic hydroxyl groups excluding tert-OH is 1. The summed E-state index contributed by atoms with van der Waals surface area (Å²) in [6.07, 6.45) is 1.07. The van der Waals surface area contributed by atoms with Crippen LogP contribution in [0.2, 0.25) is 0 Å². The second-order valence-corrected chi connectivity index (χ2v) is 4.23. The Labute approximate surface area is 93.5 Å².